The van der Waals surface area contributed by atoms with E-state index in [2.05, 4.69) is 9.97 Å². The van der Waals surface area contributed by atoms with Gasteiger partial charge in [0.25, 0.3) is 11.5 Å². The summed E-state index contributed by atoms with van der Waals surface area (Å²) in [6, 6.07) is 6.03. The molecular formula is C17H13FN4O2. The Labute approximate surface area is 136 Å². The fraction of sp³-hybridized carbons (Fsp3) is 0.176. The number of nitrogens with zero attached hydrogens (tertiary/aromatic N) is 4. The predicted octanol–water partition coefficient (Wildman–Crippen LogP) is 1.43. The molecule has 1 aliphatic heterocycles. The van der Waals surface area contributed by atoms with Crippen molar-refractivity contribution in [3.05, 3.63) is 75.8 Å². The fourth-order valence-corrected chi connectivity index (χ4v) is 2.92. The van der Waals surface area contributed by atoms with Crippen LogP contribution in [0.15, 0.2) is 47.7 Å². The lowest BCUT2D eigenvalue weighted by Gasteiger charge is -2.28. The van der Waals surface area contributed by atoms with Gasteiger partial charge < -0.3 is 4.90 Å². The first kappa shape index (κ1) is 14.5. The van der Waals surface area contributed by atoms with Gasteiger partial charge in [-0.25, -0.2) is 9.37 Å². The molecule has 0 aliphatic carbocycles. The number of rotatable bonds is 1. The first-order chi connectivity index (χ1) is 11.6. The van der Waals surface area contributed by atoms with Gasteiger partial charge in [-0.1, -0.05) is 0 Å². The van der Waals surface area contributed by atoms with Gasteiger partial charge in [0.15, 0.2) is 0 Å². The molecule has 1 amide bonds. The Morgan fingerprint density at radius 2 is 1.96 bits per heavy atom. The molecule has 4 rings (SSSR count). The Morgan fingerprint density at radius 3 is 2.75 bits per heavy atom. The number of pyridine rings is 2. The molecular weight excluding hydrogens is 311 g/mol. The molecule has 3 aromatic heterocycles. The molecule has 7 heteroatoms. The molecule has 0 atom stereocenters. The molecule has 0 aromatic carbocycles. The average molecular weight is 324 g/mol. The maximum Gasteiger partial charge on any atom is 0.263 e. The fourth-order valence-electron chi connectivity index (χ4n) is 2.92. The van der Waals surface area contributed by atoms with Gasteiger partial charge in [0.05, 0.1) is 17.8 Å². The summed E-state index contributed by atoms with van der Waals surface area (Å²) in [7, 11) is 0. The minimum absolute atomic E-state index is 0.160. The summed E-state index contributed by atoms with van der Waals surface area (Å²) in [5, 5.41) is 0. The molecule has 6 nitrogen and oxygen atoms in total. The highest BCUT2D eigenvalue weighted by molar-refractivity contribution is 5.94. The highest BCUT2D eigenvalue weighted by atomic mass is 19.1. The second-order valence-electron chi connectivity index (χ2n) is 5.63. The standard InChI is InChI=1S/C17H13FN4O2/c18-12-1-2-15-20-14-5-8-21(10-13(14)17(24)22(15)9-12)16(23)11-3-6-19-7-4-11/h1-4,6-7,9H,5,8,10H2. The number of aromatic nitrogens is 3. The Kier molecular flexibility index (Phi) is 3.34. The molecule has 3 aromatic rings. The Balaban J connectivity index is 1.75. The minimum Gasteiger partial charge on any atom is -0.334 e. The van der Waals surface area contributed by atoms with Crippen LogP contribution in [0.4, 0.5) is 4.39 Å². The third kappa shape index (κ3) is 2.34. The van der Waals surface area contributed by atoms with Crippen LogP contribution in [0, 0.1) is 5.82 Å². The van der Waals surface area contributed by atoms with Gasteiger partial charge >= 0.3 is 0 Å². The number of amides is 1. The molecule has 0 unspecified atom stereocenters. The molecule has 1 aliphatic rings. The van der Waals surface area contributed by atoms with E-state index in [0.717, 1.165) is 6.20 Å². The summed E-state index contributed by atoms with van der Waals surface area (Å²) in [6.45, 7) is 0.653. The number of carbonyl (C=O) groups is 1. The third-order valence-corrected chi connectivity index (χ3v) is 4.15. The quantitative estimate of drug-likeness (QED) is 0.679. The molecule has 0 radical (unpaired) electrons. The smallest absolute Gasteiger partial charge is 0.263 e. The zero-order chi connectivity index (χ0) is 16.7. The van der Waals surface area contributed by atoms with Gasteiger partial charge in [0, 0.05) is 37.1 Å². The first-order valence-corrected chi connectivity index (χ1v) is 7.52. The summed E-state index contributed by atoms with van der Waals surface area (Å²) < 4.78 is 14.6. The van der Waals surface area contributed by atoms with Crippen molar-refractivity contribution in [1.82, 2.24) is 19.3 Å². The van der Waals surface area contributed by atoms with Crippen LogP contribution in [0.3, 0.4) is 0 Å². The second kappa shape index (κ2) is 5.52. The van der Waals surface area contributed by atoms with Gasteiger partial charge in [-0.15, -0.1) is 0 Å². The van der Waals surface area contributed by atoms with E-state index in [-0.39, 0.29) is 18.0 Å². The number of fused-ring (bicyclic) bond motifs is 2. The van der Waals surface area contributed by atoms with E-state index in [0.29, 0.717) is 35.4 Å². The number of hydrogen-bond acceptors (Lipinski definition) is 4. The SMILES string of the molecule is O=C(c1ccncc1)N1CCc2nc3ccc(F)cn3c(=O)c2C1. The number of carbonyl (C=O) groups excluding carboxylic acids is 1. The zero-order valence-corrected chi connectivity index (χ0v) is 12.6. The number of hydrogen-bond donors (Lipinski definition) is 0. The molecule has 0 bridgehead atoms. The normalized spacial score (nSPS) is 13.8. The van der Waals surface area contributed by atoms with Crippen molar-refractivity contribution in [2.45, 2.75) is 13.0 Å². The van der Waals surface area contributed by atoms with Crippen LogP contribution < -0.4 is 5.56 Å². The summed E-state index contributed by atoms with van der Waals surface area (Å²) in [6.07, 6.45) is 4.72. The molecule has 24 heavy (non-hydrogen) atoms. The minimum atomic E-state index is -0.508. The van der Waals surface area contributed by atoms with Crippen molar-refractivity contribution in [1.29, 1.82) is 0 Å². The van der Waals surface area contributed by atoms with E-state index in [9.17, 15) is 14.0 Å². The lowest BCUT2D eigenvalue weighted by Crippen LogP contribution is -2.40. The van der Waals surface area contributed by atoms with Crippen molar-refractivity contribution < 1.29 is 9.18 Å². The van der Waals surface area contributed by atoms with Gasteiger partial charge in [0.2, 0.25) is 0 Å². The van der Waals surface area contributed by atoms with E-state index >= 15 is 0 Å². The maximum atomic E-state index is 13.4. The van der Waals surface area contributed by atoms with E-state index in [1.807, 2.05) is 0 Å². The Bertz CT molecular complexity index is 1000. The lowest BCUT2D eigenvalue weighted by molar-refractivity contribution is 0.0732. The predicted molar refractivity (Wildman–Crippen MR) is 84.1 cm³/mol. The average Bonchev–Trinajstić information content (AvgIpc) is 2.62. The molecule has 0 fully saturated rings. The molecule has 0 spiro atoms. The van der Waals surface area contributed by atoms with Crippen molar-refractivity contribution >= 4 is 11.6 Å². The van der Waals surface area contributed by atoms with Crippen molar-refractivity contribution in [3.63, 3.8) is 0 Å². The zero-order valence-electron chi connectivity index (χ0n) is 12.6. The van der Waals surface area contributed by atoms with E-state index in [1.54, 1.807) is 29.4 Å². The summed E-state index contributed by atoms with van der Waals surface area (Å²) in [5.41, 5.74) is 1.71. The summed E-state index contributed by atoms with van der Waals surface area (Å²) >= 11 is 0. The van der Waals surface area contributed by atoms with Crippen LogP contribution in [-0.4, -0.2) is 31.7 Å². The second-order valence-corrected chi connectivity index (χ2v) is 5.63. The van der Waals surface area contributed by atoms with Crippen LogP contribution >= 0.6 is 0 Å². The van der Waals surface area contributed by atoms with Crippen LogP contribution in [0.2, 0.25) is 0 Å². The van der Waals surface area contributed by atoms with E-state index in [1.165, 1.54) is 16.5 Å². The lowest BCUT2D eigenvalue weighted by atomic mass is 10.1. The topological polar surface area (TPSA) is 67.6 Å². The van der Waals surface area contributed by atoms with Crippen LogP contribution in [0.25, 0.3) is 5.65 Å². The first-order valence-electron chi connectivity index (χ1n) is 7.52. The van der Waals surface area contributed by atoms with Gasteiger partial charge in [0.1, 0.15) is 11.5 Å². The van der Waals surface area contributed by atoms with Gasteiger partial charge in [-0.3, -0.25) is 19.0 Å². The largest absolute Gasteiger partial charge is 0.334 e. The van der Waals surface area contributed by atoms with Gasteiger partial charge in [-0.2, -0.15) is 0 Å². The van der Waals surface area contributed by atoms with Crippen molar-refractivity contribution in [3.8, 4) is 0 Å². The molecule has 0 saturated carbocycles. The molecule has 0 N–H and O–H groups in total. The number of halogens is 1. The van der Waals surface area contributed by atoms with Crippen LogP contribution in [0.1, 0.15) is 21.6 Å². The molecule has 4 heterocycles. The molecule has 0 saturated heterocycles. The van der Waals surface area contributed by atoms with Crippen molar-refractivity contribution in [2.24, 2.45) is 0 Å². The summed E-state index contributed by atoms with van der Waals surface area (Å²) in [5.74, 6) is -0.668. The highest BCUT2D eigenvalue weighted by Gasteiger charge is 2.25. The van der Waals surface area contributed by atoms with Crippen molar-refractivity contribution in [2.75, 3.05) is 6.54 Å². The monoisotopic (exact) mass is 324 g/mol. The Hall–Kier alpha value is -3.09. The van der Waals surface area contributed by atoms with E-state index in [4.69, 9.17) is 0 Å². The van der Waals surface area contributed by atoms with Crippen LogP contribution in [-0.2, 0) is 13.0 Å². The Morgan fingerprint density at radius 1 is 1.17 bits per heavy atom. The van der Waals surface area contributed by atoms with E-state index < -0.39 is 5.82 Å². The maximum absolute atomic E-state index is 13.4. The molecule has 120 valence electrons. The third-order valence-electron chi connectivity index (χ3n) is 4.15. The highest BCUT2D eigenvalue weighted by Crippen LogP contribution is 2.17. The van der Waals surface area contributed by atoms with Crippen LogP contribution in [0.5, 0.6) is 0 Å². The van der Waals surface area contributed by atoms with Gasteiger partial charge in [-0.05, 0) is 24.3 Å². The summed E-state index contributed by atoms with van der Waals surface area (Å²) in [4.78, 5) is 35.1.